The number of allylic oxidation sites excluding steroid dienone is 4. The number of hydrogen-bond donors (Lipinski definition) is 1. The van der Waals surface area contributed by atoms with E-state index in [4.69, 9.17) is 19.1 Å². The molecule has 1 aromatic heterocycles. The maximum absolute atomic E-state index is 10.8. The van der Waals surface area contributed by atoms with E-state index in [1.165, 1.54) is 6.92 Å². The van der Waals surface area contributed by atoms with Gasteiger partial charge >= 0.3 is 5.97 Å². The van der Waals surface area contributed by atoms with Crippen molar-refractivity contribution in [3.63, 3.8) is 0 Å². The van der Waals surface area contributed by atoms with Crippen LogP contribution in [0.5, 0.6) is 11.5 Å². The molecule has 0 spiro atoms. The molecule has 1 N–H and O–H groups in total. The lowest BCUT2D eigenvalue weighted by atomic mass is 10.1. The summed E-state index contributed by atoms with van der Waals surface area (Å²) in [6, 6.07) is 8.73. The van der Waals surface area contributed by atoms with Crippen molar-refractivity contribution in [2.45, 2.75) is 25.9 Å². The topological polar surface area (TPSA) is 81.8 Å². The first-order chi connectivity index (χ1) is 13.0. The van der Waals surface area contributed by atoms with Crippen molar-refractivity contribution in [3.8, 4) is 11.5 Å². The first kappa shape index (κ1) is 20.0. The smallest absolute Gasteiger partial charge is 0.344 e. The number of carbonyl (C=O) groups is 1. The van der Waals surface area contributed by atoms with E-state index in [9.17, 15) is 4.79 Å². The molecule has 0 bridgehead atoms. The van der Waals surface area contributed by atoms with E-state index >= 15 is 0 Å². The molecule has 2 aromatic rings. The van der Waals surface area contributed by atoms with Crippen LogP contribution in [0, 0.1) is 0 Å². The molecule has 0 aliphatic rings. The molecule has 0 aliphatic heterocycles. The molecule has 0 aliphatic carbocycles. The highest BCUT2D eigenvalue weighted by Gasteiger charge is 2.12. The van der Waals surface area contributed by atoms with Crippen LogP contribution in [0.4, 0.5) is 0 Å². The van der Waals surface area contributed by atoms with Crippen LogP contribution in [0.2, 0.25) is 0 Å². The van der Waals surface area contributed by atoms with Crippen LogP contribution >= 0.6 is 0 Å². The van der Waals surface area contributed by atoms with Gasteiger partial charge in [-0.2, -0.15) is 0 Å². The molecule has 6 nitrogen and oxygen atoms in total. The summed E-state index contributed by atoms with van der Waals surface area (Å²) in [4.78, 5) is 10.8. The van der Waals surface area contributed by atoms with Crippen molar-refractivity contribution in [2.24, 2.45) is 0 Å². The fourth-order valence-electron chi connectivity index (χ4n) is 2.26. The molecule has 6 heteroatoms. The van der Waals surface area contributed by atoms with Gasteiger partial charge in [-0.25, -0.2) is 4.79 Å². The highest BCUT2D eigenvalue weighted by Crippen LogP contribution is 2.20. The Balaban J connectivity index is 1.78. The molecular formula is C21H23NO5. The van der Waals surface area contributed by atoms with Gasteiger partial charge in [-0.15, -0.1) is 0 Å². The van der Waals surface area contributed by atoms with Gasteiger partial charge in [-0.1, -0.05) is 36.5 Å². The van der Waals surface area contributed by atoms with Crippen molar-refractivity contribution in [1.82, 2.24) is 5.16 Å². The van der Waals surface area contributed by atoms with Crippen molar-refractivity contribution >= 4 is 11.5 Å². The van der Waals surface area contributed by atoms with Crippen LogP contribution in [0.3, 0.4) is 0 Å². The maximum Gasteiger partial charge on any atom is 0.344 e. The Labute approximate surface area is 158 Å². The van der Waals surface area contributed by atoms with Gasteiger partial charge in [0, 0.05) is 18.1 Å². The molecule has 0 saturated carbocycles. The lowest BCUT2D eigenvalue weighted by Gasteiger charge is -2.11. The molecule has 2 rings (SSSR count). The van der Waals surface area contributed by atoms with Crippen LogP contribution in [-0.2, 0) is 11.2 Å². The maximum atomic E-state index is 10.8. The molecular weight excluding hydrogens is 346 g/mol. The number of benzene rings is 1. The van der Waals surface area contributed by atoms with Crippen molar-refractivity contribution in [2.75, 3.05) is 6.61 Å². The summed E-state index contributed by atoms with van der Waals surface area (Å²) in [6.07, 6.45) is 5.77. The van der Waals surface area contributed by atoms with Crippen LogP contribution in [0.15, 0.2) is 66.2 Å². The number of nitrogens with zero attached hydrogens (tertiary/aromatic N) is 1. The van der Waals surface area contributed by atoms with E-state index in [2.05, 4.69) is 18.3 Å². The average Bonchev–Trinajstić information content (AvgIpc) is 3.13. The van der Waals surface area contributed by atoms with Gasteiger partial charge in [0.1, 0.15) is 23.0 Å². The third-order valence-electron chi connectivity index (χ3n) is 3.69. The normalized spacial score (nSPS) is 12.3. The molecule has 142 valence electrons. The zero-order valence-corrected chi connectivity index (χ0v) is 15.3. The molecule has 0 fully saturated rings. The molecule has 1 heterocycles. The highest BCUT2D eigenvalue weighted by atomic mass is 16.5. The van der Waals surface area contributed by atoms with Gasteiger partial charge in [0.05, 0.1) is 6.61 Å². The van der Waals surface area contributed by atoms with Crippen LogP contribution in [0.25, 0.3) is 5.57 Å². The van der Waals surface area contributed by atoms with Crippen LogP contribution < -0.4 is 9.47 Å². The van der Waals surface area contributed by atoms with E-state index in [-0.39, 0.29) is 0 Å². The minimum atomic E-state index is -1.01. The zero-order chi connectivity index (χ0) is 19.6. The van der Waals surface area contributed by atoms with Gasteiger partial charge in [0.15, 0.2) is 6.10 Å². The van der Waals surface area contributed by atoms with Crippen LogP contribution in [-0.4, -0.2) is 28.9 Å². The Morgan fingerprint density at radius 3 is 2.63 bits per heavy atom. The second-order valence-corrected chi connectivity index (χ2v) is 5.76. The fourth-order valence-corrected chi connectivity index (χ4v) is 2.26. The van der Waals surface area contributed by atoms with Crippen molar-refractivity contribution in [3.05, 3.63) is 73.2 Å². The summed E-state index contributed by atoms with van der Waals surface area (Å²) in [6.45, 7) is 9.40. The molecule has 1 atom stereocenters. The lowest BCUT2D eigenvalue weighted by molar-refractivity contribution is -0.144. The van der Waals surface area contributed by atoms with Crippen molar-refractivity contribution < 1.29 is 23.9 Å². The average molecular weight is 369 g/mol. The minimum absolute atomic E-state index is 0.483. The summed E-state index contributed by atoms with van der Waals surface area (Å²) in [5, 5.41) is 12.9. The highest BCUT2D eigenvalue weighted by molar-refractivity contribution is 5.72. The first-order valence-electron chi connectivity index (χ1n) is 8.57. The number of aryl methyl sites for hydroxylation is 1. The summed E-state index contributed by atoms with van der Waals surface area (Å²) in [5.41, 5.74) is 1.59. The number of carboxylic acids is 1. The number of ether oxygens (including phenoxy) is 2. The Kier molecular flexibility index (Phi) is 7.43. The Bertz CT molecular complexity index is 804. The standard InChI is InChI=1S/C21H23NO5/c1-4-7-16(5-2)20-14-19(27-22-20)8-6-13-25-17-9-11-18(12-10-17)26-15(3)21(23)24/h4-5,7,9-12,14-15H,1-2,6,8,13H2,3H3,(H,23,24)/b16-7+. The van der Waals surface area contributed by atoms with Gasteiger partial charge in [0.25, 0.3) is 0 Å². The van der Waals surface area contributed by atoms with E-state index in [0.29, 0.717) is 24.5 Å². The van der Waals surface area contributed by atoms with Gasteiger partial charge in [-0.3, -0.25) is 0 Å². The van der Waals surface area contributed by atoms with Gasteiger partial charge in [-0.05, 0) is 37.6 Å². The predicted molar refractivity (Wildman–Crippen MR) is 103 cm³/mol. The summed E-state index contributed by atoms with van der Waals surface area (Å²) in [7, 11) is 0. The monoisotopic (exact) mass is 369 g/mol. The SMILES string of the molecule is C=C/C=C(\C=C)c1cc(CCCOc2ccc(OC(C)C(=O)O)cc2)on1. The third kappa shape index (κ3) is 6.18. The lowest BCUT2D eigenvalue weighted by Crippen LogP contribution is -2.22. The summed E-state index contributed by atoms with van der Waals surface area (Å²) < 4.78 is 16.3. The first-order valence-corrected chi connectivity index (χ1v) is 8.57. The van der Waals surface area contributed by atoms with E-state index < -0.39 is 12.1 Å². The Hall–Kier alpha value is -3.28. The Morgan fingerprint density at radius 1 is 1.30 bits per heavy atom. The van der Waals surface area contributed by atoms with E-state index in [0.717, 1.165) is 23.4 Å². The Morgan fingerprint density at radius 2 is 2.00 bits per heavy atom. The fraction of sp³-hybridized carbons (Fsp3) is 0.238. The summed E-state index contributed by atoms with van der Waals surface area (Å²) >= 11 is 0. The van der Waals surface area contributed by atoms with Crippen LogP contribution in [0.1, 0.15) is 24.8 Å². The predicted octanol–water partition coefficient (Wildman–Crippen LogP) is 4.29. The number of aliphatic carboxylic acids is 1. The third-order valence-corrected chi connectivity index (χ3v) is 3.69. The molecule has 1 aromatic carbocycles. The number of rotatable bonds is 11. The number of hydrogen-bond acceptors (Lipinski definition) is 5. The summed E-state index contributed by atoms with van der Waals surface area (Å²) in [5.74, 6) is 0.936. The second kappa shape index (κ2) is 10.0. The van der Waals surface area contributed by atoms with E-state index in [1.807, 2.05) is 12.1 Å². The molecule has 0 radical (unpaired) electrons. The van der Waals surface area contributed by atoms with E-state index in [1.54, 1.807) is 36.4 Å². The largest absolute Gasteiger partial charge is 0.494 e. The second-order valence-electron chi connectivity index (χ2n) is 5.76. The minimum Gasteiger partial charge on any atom is -0.494 e. The quantitative estimate of drug-likeness (QED) is 0.470. The van der Waals surface area contributed by atoms with Gasteiger partial charge < -0.3 is 19.1 Å². The molecule has 0 saturated heterocycles. The van der Waals surface area contributed by atoms with Crippen molar-refractivity contribution in [1.29, 1.82) is 0 Å². The number of carboxylic acid groups (broad SMARTS) is 1. The molecule has 27 heavy (non-hydrogen) atoms. The molecule has 0 amide bonds. The molecule has 1 unspecified atom stereocenters. The zero-order valence-electron chi connectivity index (χ0n) is 15.3. The number of aromatic nitrogens is 1. The van der Waals surface area contributed by atoms with Gasteiger partial charge in [0.2, 0.25) is 0 Å².